The van der Waals surface area contributed by atoms with Gasteiger partial charge in [-0.05, 0) is 42.8 Å². The van der Waals surface area contributed by atoms with E-state index in [0.29, 0.717) is 43.4 Å². The summed E-state index contributed by atoms with van der Waals surface area (Å²) in [5.41, 5.74) is 1.16. The third kappa shape index (κ3) is 4.54. The topological polar surface area (TPSA) is 84.9 Å². The van der Waals surface area contributed by atoms with Crippen molar-refractivity contribution in [3.05, 3.63) is 53.6 Å². The van der Waals surface area contributed by atoms with E-state index in [1.807, 2.05) is 25.1 Å². The summed E-state index contributed by atoms with van der Waals surface area (Å²) < 4.78 is 37.9. The Morgan fingerprint density at radius 3 is 2.45 bits per heavy atom. The third-order valence-electron chi connectivity index (χ3n) is 4.85. The molecule has 0 saturated heterocycles. The zero-order chi connectivity index (χ0) is 21.0. The zero-order valence-electron chi connectivity index (χ0n) is 16.8. The average Bonchev–Trinajstić information content (AvgIpc) is 2.74. The Balaban J connectivity index is 1.77. The van der Waals surface area contributed by atoms with Crippen molar-refractivity contribution in [1.82, 2.24) is 9.62 Å². The van der Waals surface area contributed by atoms with Gasteiger partial charge < -0.3 is 14.8 Å². The maximum atomic E-state index is 12.7. The van der Waals surface area contributed by atoms with Crippen molar-refractivity contribution < 1.29 is 22.7 Å². The van der Waals surface area contributed by atoms with E-state index in [4.69, 9.17) is 9.47 Å². The van der Waals surface area contributed by atoms with Crippen molar-refractivity contribution in [2.24, 2.45) is 0 Å². The number of nitrogens with zero attached hydrogens (tertiary/aromatic N) is 1. The predicted molar refractivity (Wildman–Crippen MR) is 110 cm³/mol. The lowest BCUT2D eigenvalue weighted by molar-refractivity contribution is 0.0939. The number of ether oxygens (including phenoxy) is 2. The van der Waals surface area contributed by atoms with Crippen LogP contribution in [0.2, 0.25) is 0 Å². The average molecular weight is 419 g/mol. The van der Waals surface area contributed by atoms with Crippen LogP contribution in [0.3, 0.4) is 0 Å². The molecule has 8 heteroatoms. The Labute approximate surface area is 171 Å². The summed E-state index contributed by atoms with van der Waals surface area (Å²) in [7, 11) is -3.63. The van der Waals surface area contributed by atoms with E-state index in [0.717, 1.165) is 5.56 Å². The van der Waals surface area contributed by atoms with E-state index < -0.39 is 10.0 Å². The van der Waals surface area contributed by atoms with Crippen molar-refractivity contribution in [3.8, 4) is 11.5 Å². The van der Waals surface area contributed by atoms with Gasteiger partial charge in [0.15, 0.2) is 11.5 Å². The lowest BCUT2D eigenvalue weighted by atomic mass is 10.1. The number of hydrogen-bond acceptors (Lipinski definition) is 5. The Bertz CT molecular complexity index is 986. The van der Waals surface area contributed by atoms with Crippen molar-refractivity contribution in [1.29, 1.82) is 0 Å². The van der Waals surface area contributed by atoms with Gasteiger partial charge in [0.1, 0.15) is 13.2 Å². The van der Waals surface area contributed by atoms with Crippen LogP contribution in [-0.4, -0.2) is 44.9 Å². The lowest BCUT2D eigenvalue weighted by Crippen LogP contribution is -2.31. The van der Waals surface area contributed by atoms with Crippen LogP contribution in [0.15, 0.2) is 47.4 Å². The molecule has 0 aromatic heterocycles. The number of hydrogen-bond donors (Lipinski definition) is 1. The van der Waals surface area contributed by atoms with Crippen LogP contribution in [0.4, 0.5) is 0 Å². The van der Waals surface area contributed by atoms with Crippen LogP contribution in [0.1, 0.15) is 42.7 Å². The number of sulfonamides is 1. The first-order valence-electron chi connectivity index (χ1n) is 9.67. The van der Waals surface area contributed by atoms with E-state index >= 15 is 0 Å². The molecule has 2 aromatic rings. The maximum absolute atomic E-state index is 12.7. The fraction of sp³-hybridized carbons (Fsp3) is 0.381. The van der Waals surface area contributed by atoms with Crippen LogP contribution in [0.5, 0.6) is 11.5 Å². The van der Waals surface area contributed by atoms with E-state index in [1.165, 1.54) is 16.4 Å². The molecule has 0 aliphatic carbocycles. The summed E-state index contributed by atoms with van der Waals surface area (Å²) in [5.74, 6) is 0.999. The molecule has 156 valence electrons. The molecule has 0 spiro atoms. The molecule has 0 fully saturated rings. The standard InChI is InChI=1S/C21H26N2O5S/c1-4-23(5-2)29(25,26)18-8-6-7-17(13-18)21(24)22-15(3)16-9-10-19-20(14-16)28-12-11-27-19/h6-10,13-15H,4-5,11-12H2,1-3H3,(H,22,24)/t15-/m0/s1. The molecule has 3 rings (SSSR count). The second-order valence-electron chi connectivity index (χ2n) is 6.72. The summed E-state index contributed by atoms with van der Waals surface area (Å²) in [6, 6.07) is 11.4. The predicted octanol–water partition coefficient (Wildman–Crippen LogP) is 2.98. The first kappa shape index (κ1) is 21.1. The zero-order valence-corrected chi connectivity index (χ0v) is 17.7. The molecule has 1 aliphatic heterocycles. The van der Waals surface area contributed by atoms with Gasteiger partial charge in [0.25, 0.3) is 5.91 Å². The van der Waals surface area contributed by atoms with Crippen LogP contribution in [-0.2, 0) is 10.0 Å². The van der Waals surface area contributed by atoms with Crippen LogP contribution in [0, 0.1) is 0 Å². The highest BCUT2D eigenvalue weighted by atomic mass is 32.2. The lowest BCUT2D eigenvalue weighted by Gasteiger charge is -2.21. The molecule has 1 atom stereocenters. The minimum absolute atomic E-state index is 0.112. The molecule has 0 saturated carbocycles. The van der Waals surface area contributed by atoms with Crippen molar-refractivity contribution in [2.75, 3.05) is 26.3 Å². The van der Waals surface area contributed by atoms with E-state index in [1.54, 1.807) is 26.0 Å². The smallest absolute Gasteiger partial charge is 0.251 e. The summed E-state index contributed by atoms with van der Waals surface area (Å²) in [5, 5.41) is 2.91. The number of rotatable bonds is 7. The van der Waals surface area contributed by atoms with Crippen LogP contribution in [0.25, 0.3) is 0 Å². The number of carbonyl (C=O) groups is 1. The van der Waals surface area contributed by atoms with Gasteiger partial charge in [-0.15, -0.1) is 0 Å². The van der Waals surface area contributed by atoms with Gasteiger partial charge >= 0.3 is 0 Å². The monoisotopic (exact) mass is 418 g/mol. The van der Waals surface area contributed by atoms with Gasteiger partial charge in [-0.1, -0.05) is 26.0 Å². The first-order valence-corrected chi connectivity index (χ1v) is 11.1. The number of benzene rings is 2. The largest absolute Gasteiger partial charge is 0.486 e. The first-order chi connectivity index (χ1) is 13.9. The fourth-order valence-electron chi connectivity index (χ4n) is 3.20. The van der Waals surface area contributed by atoms with Gasteiger partial charge in [0.05, 0.1) is 10.9 Å². The van der Waals surface area contributed by atoms with E-state index in [2.05, 4.69) is 5.32 Å². The summed E-state index contributed by atoms with van der Waals surface area (Å²) in [4.78, 5) is 12.8. The normalized spacial score (nSPS) is 14.5. The highest BCUT2D eigenvalue weighted by Gasteiger charge is 2.23. The molecule has 1 N–H and O–H groups in total. The van der Waals surface area contributed by atoms with E-state index in [-0.39, 0.29) is 16.8 Å². The highest BCUT2D eigenvalue weighted by molar-refractivity contribution is 7.89. The van der Waals surface area contributed by atoms with E-state index in [9.17, 15) is 13.2 Å². The minimum Gasteiger partial charge on any atom is -0.486 e. The quantitative estimate of drug-likeness (QED) is 0.747. The summed E-state index contributed by atoms with van der Waals surface area (Å²) >= 11 is 0. The second kappa shape index (κ2) is 8.84. The molecule has 1 aliphatic rings. The van der Waals surface area contributed by atoms with Gasteiger partial charge in [-0.25, -0.2) is 8.42 Å². The maximum Gasteiger partial charge on any atom is 0.251 e. The molecule has 7 nitrogen and oxygen atoms in total. The molecule has 1 amide bonds. The van der Waals surface area contributed by atoms with Gasteiger partial charge in [-0.3, -0.25) is 4.79 Å². The summed E-state index contributed by atoms with van der Waals surface area (Å²) in [6.45, 7) is 7.18. The van der Waals surface area contributed by atoms with Crippen LogP contribution >= 0.6 is 0 Å². The van der Waals surface area contributed by atoms with Crippen molar-refractivity contribution in [3.63, 3.8) is 0 Å². The molecule has 0 unspecified atom stereocenters. The molecule has 2 aromatic carbocycles. The van der Waals surface area contributed by atoms with Crippen molar-refractivity contribution in [2.45, 2.75) is 31.7 Å². The summed E-state index contributed by atoms with van der Waals surface area (Å²) in [6.07, 6.45) is 0. The Morgan fingerprint density at radius 2 is 1.76 bits per heavy atom. The minimum atomic E-state index is -3.63. The molecule has 29 heavy (non-hydrogen) atoms. The van der Waals surface area contributed by atoms with Crippen LogP contribution < -0.4 is 14.8 Å². The number of amides is 1. The molecular formula is C21H26N2O5S. The van der Waals surface area contributed by atoms with Gasteiger partial charge in [0.2, 0.25) is 10.0 Å². The third-order valence-corrected chi connectivity index (χ3v) is 6.90. The Morgan fingerprint density at radius 1 is 1.07 bits per heavy atom. The Kier molecular flexibility index (Phi) is 6.44. The van der Waals surface area contributed by atoms with Gasteiger partial charge in [0, 0.05) is 18.7 Å². The number of fused-ring (bicyclic) bond motifs is 1. The van der Waals surface area contributed by atoms with Gasteiger partial charge in [-0.2, -0.15) is 4.31 Å². The molecule has 1 heterocycles. The SMILES string of the molecule is CCN(CC)S(=O)(=O)c1cccc(C(=O)N[C@@H](C)c2ccc3c(c2)OCCO3)c1. The number of nitrogens with one attached hydrogen (secondary N) is 1. The highest BCUT2D eigenvalue weighted by Crippen LogP contribution is 2.32. The van der Waals surface area contributed by atoms with Crippen molar-refractivity contribution >= 4 is 15.9 Å². The number of carbonyl (C=O) groups excluding carboxylic acids is 1. The molecular weight excluding hydrogens is 392 g/mol. The molecule has 0 radical (unpaired) electrons. The molecule has 0 bridgehead atoms. The second-order valence-corrected chi connectivity index (χ2v) is 8.65. The Hall–Kier alpha value is -2.58. The fourth-order valence-corrected chi connectivity index (χ4v) is 4.71.